The summed E-state index contributed by atoms with van der Waals surface area (Å²) in [6, 6.07) is 5.51. The Balaban J connectivity index is 1.31. The standard InChI is InChI=1S/C52H85N9O12/c1-15-39-52(13)43(61(48(67)73-52)22-17-16-21-60-29-38(58-59-60)34-19-18-20-35(23-34)57-47(66)72-50(9,10)11)33(5)54-26-30(2)25-51(12,68-14)44(31(3)41(63)32(4)45(65)70-39)71-46-42(64)37(53)24-36(69-46)27-55-40(62)28-56-49(6,7)8/h18-20,23,29-33,36-37,39,42-44,46,54,56,64H,15-17,21-22,24-28,53H2,1-14H3,(H,55,62)(H,57,66)/t30-,31+,32-,33-,36+,37?,39-,42?,43-,44-,46+,51-,52-/m1/s1. The summed E-state index contributed by atoms with van der Waals surface area (Å²) in [5.74, 6) is -3.88. The lowest BCUT2D eigenvalue weighted by atomic mass is 9.78. The van der Waals surface area contributed by atoms with Crippen LogP contribution in [-0.2, 0) is 49.3 Å². The number of ether oxygens (including phenoxy) is 6. The Morgan fingerprint density at radius 2 is 1.74 bits per heavy atom. The number of aliphatic hydroxyl groups is 1. The van der Waals surface area contributed by atoms with Gasteiger partial charge in [-0.15, -0.1) is 5.10 Å². The molecular formula is C52H85N9O12. The van der Waals surface area contributed by atoms with Crippen molar-refractivity contribution in [3.63, 3.8) is 0 Å². The van der Waals surface area contributed by atoms with Crippen LogP contribution < -0.4 is 27.0 Å². The largest absolute Gasteiger partial charge is 0.458 e. The van der Waals surface area contributed by atoms with E-state index in [9.17, 15) is 29.1 Å². The highest BCUT2D eigenvalue weighted by Crippen LogP contribution is 2.40. The number of rotatable bonds is 15. The maximum atomic E-state index is 14.6. The number of nitrogens with one attached hydrogen (secondary N) is 4. The van der Waals surface area contributed by atoms with Gasteiger partial charge in [-0.25, -0.2) is 9.59 Å². The predicted octanol–water partition coefficient (Wildman–Crippen LogP) is 4.93. The Labute approximate surface area is 431 Å². The van der Waals surface area contributed by atoms with E-state index in [-0.39, 0.29) is 49.3 Å². The number of nitrogens with two attached hydrogens (primary N) is 1. The van der Waals surface area contributed by atoms with Gasteiger partial charge in [0, 0.05) is 61.5 Å². The van der Waals surface area contributed by atoms with Crippen LogP contribution in [0, 0.1) is 17.8 Å². The number of cyclic esters (lactones) is 1. The summed E-state index contributed by atoms with van der Waals surface area (Å²) in [7, 11) is 1.53. The number of hydrogen-bond donors (Lipinski definition) is 6. The minimum atomic E-state index is -1.31. The number of aryl methyl sites for hydroxylation is 1. The van der Waals surface area contributed by atoms with Gasteiger partial charge in [0.15, 0.2) is 17.7 Å². The Morgan fingerprint density at radius 3 is 2.40 bits per heavy atom. The number of fused-ring (bicyclic) bond motifs is 1. The molecule has 3 aliphatic rings. The number of aliphatic hydroxyl groups excluding tert-OH is 1. The summed E-state index contributed by atoms with van der Waals surface area (Å²) in [4.78, 5) is 69.5. The van der Waals surface area contributed by atoms with Crippen molar-refractivity contribution < 1.29 is 57.5 Å². The van der Waals surface area contributed by atoms with Gasteiger partial charge >= 0.3 is 18.2 Å². The number of anilines is 1. The molecule has 2 aromatic rings. The van der Waals surface area contributed by atoms with E-state index in [4.69, 9.17) is 34.2 Å². The molecule has 21 nitrogen and oxygen atoms in total. The summed E-state index contributed by atoms with van der Waals surface area (Å²) in [5, 5.41) is 32.5. The number of hydrogen-bond acceptors (Lipinski definition) is 17. The van der Waals surface area contributed by atoms with Crippen molar-refractivity contribution in [3.8, 4) is 11.3 Å². The average molecular weight is 1030 g/mol. The van der Waals surface area contributed by atoms with Gasteiger partial charge in [0.05, 0.1) is 36.6 Å². The van der Waals surface area contributed by atoms with E-state index in [1.165, 1.54) is 14.0 Å². The maximum Gasteiger partial charge on any atom is 0.412 e. The highest BCUT2D eigenvalue weighted by molar-refractivity contribution is 6.00. The van der Waals surface area contributed by atoms with Gasteiger partial charge in [-0.3, -0.25) is 29.3 Å². The lowest BCUT2D eigenvalue weighted by molar-refractivity contribution is -0.290. The number of Topliss-reactive ketones (excluding diaryl/α,β-unsaturated/α-hetero) is 1. The fourth-order valence-electron chi connectivity index (χ4n) is 10.1. The minimum Gasteiger partial charge on any atom is -0.458 e. The molecule has 13 atom stereocenters. The second-order valence-electron chi connectivity index (χ2n) is 22.7. The Hall–Kier alpha value is -4.77. The summed E-state index contributed by atoms with van der Waals surface area (Å²) in [5.41, 5.74) is 5.00. The monoisotopic (exact) mass is 1030 g/mol. The quantitative estimate of drug-likeness (QED) is 0.0598. The summed E-state index contributed by atoms with van der Waals surface area (Å²) >= 11 is 0. The number of ketones is 1. The Kier molecular flexibility index (Phi) is 20.0. The van der Waals surface area contributed by atoms with Crippen LogP contribution in [0.25, 0.3) is 11.3 Å². The third-order valence-corrected chi connectivity index (χ3v) is 14.0. The van der Waals surface area contributed by atoms with Crippen molar-refractivity contribution in [2.75, 3.05) is 38.6 Å². The van der Waals surface area contributed by atoms with Crippen molar-refractivity contribution in [1.29, 1.82) is 0 Å². The summed E-state index contributed by atoms with van der Waals surface area (Å²) in [6.45, 7) is 25.4. The fourth-order valence-corrected chi connectivity index (χ4v) is 10.1. The molecular weight excluding hydrogens is 943 g/mol. The number of aromatic nitrogens is 3. The fraction of sp³-hybridized carbons (Fsp3) is 0.750. The molecule has 73 heavy (non-hydrogen) atoms. The van der Waals surface area contributed by atoms with E-state index in [1.54, 1.807) is 56.3 Å². The molecule has 4 heterocycles. The molecule has 0 radical (unpaired) electrons. The van der Waals surface area contributed by atoms with Gasteiger partial charge in [0.25, 0.3) is 0 Å². The molecule has 410 valence electrons. The molecule has 3 saturated heterocycles. The summed E-state index contributed by atoms with van der Waals surface area (Å²) < 4.78 is 38.8. The highest BCUT2D eigenvalue weighted by atomic mass is 16.7. The van der Waals surface area contributed by atoms with Crippen molar-refractivity contribution >= 4 is 35.5 Å². The average Bonchev–Trinajstić information content (AvgIpc) is 3.89. The topological polar surface area (TPSA) is 269 Å². The van der Waals surface area contributed by atoms with Gasteiger partial charge in [-0.05, 0) is 126 Å². The molecule has 5 rings (SSSR count). The van der Waals surface area contributed by atoms with Crippen molar-refractivity contribution in [2.24, 2.45) is 23.5 Å². The molecule has 3 amide bonds. The lowest BCUT2D eigenvalue weighted by Crippen LogP contribution is -2.61. The number of carbonyl (C=O) groups excluding carboxylic acids is 5. The van der Waals surface area contributed by atoms with Gasteiger partial charge in [-0.2, -0.15) is 0 Å². The molecule has 0 saturated carbocycles. The molecule has 2 unspecified atom stereocenters. The molecule has 3 aliphatic heterocycles. The second kappa shape index (κ2) is 24.7. The van der Waals surface area contributed by atoms with Gasteiger partial charge < -0.3 is 55.2 Å². The number of esters is 1. The van der Waals surface area contributed by atoms with Crippen LogP contribution in [0.15, 0.2) is 30.5 Å². The van der Waals surface area contributed by atoms with Gasteiger partial charge in [0.2, 0.25) is 5.91 Å². The molecule has 3 fully saturated rings. The minimum absolute atomic E-state index is 0.0965. The van der Waals surface area contributed by atoms with E-state index in [0.717, 1.165) is 5.56 Å². The maximum absolute atomic E-state index is 14.6. The SMILES string of the molecule is CC[C@H]1OC(=O)[C@H](C)C(=O)[C@H](C)[C@@H](O[C@@H]2O[C@H](CNC(=O)CNC(C)(C)C)CC(N)C2O)[C@](C)(OC)C[C@@H](C)CN[C@H](C)[C@H]2N(CCCCn3cc(-c4cccc(NC(=O)OC(C)(C)C)c4)nn3)C(=O)O[C@]12C. The first-order chi connectivity index (χ1) is 34.1. The summed E-state index contributed by atoms with van der Waals surface area (Å²) in [6.07, 6.45) is -2.35. The lowest BCUT2D eigenvalue weighted by Gasteiger charge is -2.45. The number of amides is 3. The third kappa shape index (κ3) is 15.6. The van der Waals surface area contributed by atoms with Crippen LogP contribution in [0.4, 0.5) is 15.3 Å². The Bertz CT molecular complexity index is 2200. The van der Waals surface area contributed by atoms with E-state index < -0.39 is 95.4 Å². The first-order valence-corrected chi connectivity index (χ1v) is 25.9. The molecule has 1 aromatic carbocycles. The molecule has 21 heteroatoms. The van der Waals surface area contributed by atoms with Gasteiger partial charge in [0.1, 0.15) is 29.4 Å². The molecule has 7 N–H and O–H groups in total. The molecule has 1 aromatic heterocycles. The molecule has 0 aliphatic carbocycles. The zero-order valence-corrected chi connectivity index (χ0v) is 45.6. The van der Waals surface area contributed by atoms with Crippen LogP contribution in [0.5, 0.6) is 0 Å². The van der Waals surface area contributed by atoms with Crippen LogP contribution in [0.3, 0.4) is 0 Å². The van der Waals surface area contributed by atoms with Crippen molar-refractivity contribution in [3.05, 3.63) is 30.5 Å². The predicted molar refractivity (Wildman–Crippen MR) is 273 cm³/mol. The number of nitrogens with zero attached hydrogens (tertiary/aromatic N) is 4. The smallest absolute Gasteiger partial charge is 0.412 e. The molecule has 0 spiro atoms. The molecule has 0 bridgehead atoms. The van der Waals surface area contributed by atoms with Crippen LogP contribution in [0.1, 0.15) is 122 Å². The number of benzene rings is 1. The van der Waals surface area contributed by atoms with E-state index in [1.807, 2.05) is 66.8 Å². The first-order valence-electron chi connectivity index (χ1n) is 25.9. The van der Waals surface area contributed by atoms with Crippen LogP contribution in [0.2, 0.25) is 0 Å². The first kappa shape index (κ1) is 59.1. The number of carbonyl (C=O) groups is 5. The second-order valence-corrected chi connectivity index (χ2v) is 22.7. The van der Waals surface area contributed by atoms with E-state index in [2.05, 4.69) is 31.6 Å². The number of unbranched alkanes of at least 4 members (excludes halogenated alkanes) is 1. The van der Waals surface area contributed by atoms with Crippen LogP contribution in [-0.4, -0.2) is 159 Å². The Morgan fingerprint density at radius 1 is 1.04 bits per heavy atom. The van der Waals surface area contributed by atoms with Crippen molar-refractivity contribution in [1.82, 2.24) is 35.8 Å². The van der Waals surface area contributed by atoms with Gasteiger partial charge in [-0.1, -0.05) is 38.1 Å². The number of methoxy groups -OCH3 is 1. The van der Waals surface area contributed by atoms with Crippen LogP contribution >= 0.6 is 0 Å². The van der Waals surface area contributed by atoms with Crippen molar-refractivity contribution in [2.45, 2.75) is 200 Å². The highest BCUT2D eigenvalue weighted by Gasteiger charge is 2.59. The third-order valence-electron chi connectivity index (χ3n) is 14.0. The van der Waals surface area contributed by atoms with E-state index in [0.29, 0.717) is 50.3 Å². The zero-order chi connectivity index (χ0) is 54.2. The van der Waals surface area contributed by atoms with E-state index >= 15 is 0 Å². The normalized spacial score (nSPS) is 31.9. The zero-order valence-electron chi connectivity index (χ0n) is 45.6.